The summed E-state index contributed by atoms with van der Waals surface area (Å²) >= 11 is 5.56. The fraction of sp³-hybridized carbons (Fsp3) is 0.417. The maximum atomic E-state index is 13.1. The second-order valence-corrected chi connectivity index (χ2v) is 4.63. The molecule has 0 aliphatic carbocycles. The quantitative estimate of drug-likeness (QED) is 0.881. The number of carbonyl (C=O) groups is 1. The highest BCUT2D eigenvalue weighted by Crippen LogP contribution is 2.17. The summed E-state index contributed by atoms with van der Waals surface area (Å²) in [5, 5.41) is 2.99. The normalized spacial score (nSPS) is 11.6. The van der Waals surface area contributed by atoms with Crippen LogP contribution in [-0.4, -0.2) is 18.4 Å². The average Bonchev–Trinajstić information content (AvgIpc) is 2.23. The molecule has 0 radical (unpaired) electrons. The average molecular weight is 244 g/mol. The molecule has 0 amide bonds. The molecule has 0 saturated heterocycles. The van der Waals surface area contributed by atoms with Crippen LogP contribution in [0.4, 0.5) is 4.39 Å². The zero-order chi connectivity index (χ0) is 12.3. The van der Waals surface area contributed by atoms with Gasteiger partial charge in [-0.2, -0.15) is 0 Å². The first-order valence-corrected chi connectivity index (χ1v) is 5.41. The minimum atomic E-state index is -0.601. The molecule has 0 bridgehead atoms. The monoisotopic (exact) mass is 243 g/mol. The van der Waals surface area contributed by atoms with E-state index >= 15 is 0 Å². The Morgan fingerprint density at radius 3 is 2.62 bits per heavy atom. The highest BCUT2D eigenvalue weighted by Gasteiger charge is 2.24. The lowest BCUT2D eigenvalue weighted by Gasteiger charge is -2.22. The minimum absolute atomic E-state index is 0.0109. The third kappa shape index (κ3) is 3.03. The molecule has 88 valence electrons. The summed E-state index contributed by atoms with van der Waals surface area (Å²) < 4.78 is 13.1. The van der Waals surface area contributed by atoms with Gasteiger partial charge in [-0.15, -0.1) is 0 Å². The molecule has 0 aromatic heterocycles. The number of halogens is 2. The highest BCUT2D eigenvalue weighted by atomic mass is 35.5. The number of nitrogens with one attached hydrogen (secondary N) is 1. The molecule has 0 unspecified atom stereocenters. The van der Waals surface area contributed by atoms with Crippen LogP contribution in [0.25, 0.3) is 0 Å². The molecule has 1 aromatic rings. The van der Waals surface area contributed by atoms with Crippen LogP contribution >= 0.6 is 11.6 Å². The Bertz CT molecular complexity index is 404. The summed E-state index contributed by atoms with van der Waals surface area (Å²) in [7, 11) is 1.72. The predicted molar refractivity (Wildman–Crippen MR) is 63.3 cm³/mol. The van der Waals surface area contributed by atoms with Crippen molar-refractivity contribution in [2.24, 2.45) is 0 Å². The Balaban J connectivity index is 2.82. The summed E-state index contributed by atoms with van der Waals surface area (Å²) in [6.07, 6.45) is 0.196. The maximum absolute atomic E-state index is 13.1. The number of hydrogen-bond acceptors (Lipinski definition) is 2. The van der Waals surface area contributed by atoms with Gasteiger partial charge in [0.25, 0.3) is 0 Å². The van der Waals surface area contributed by atoms with Crippen LogP contribution in [0.5, 0.6) is 0 Å². The Morgan fingerprint density at radius 1 is 1.50 bits per heavy atom. The van der Waals surface area contributed by atoms with Crippen molar-refractivity contribution < 1.29 is 9.18 Å². The molecule has 0 aliphatic rings. The molecule has 0 atom stereocenters. The molecule has 0 heterocycles. The predicted octanol–water partition coefficient (Wildman–Crippen LogP) is 2.59. The Kier molecular flexibility index (Phi) is 4.05. The maximum Gasteiger partial charge on any atom is 0.156 e. The lowest BCUT2D eigenvalue weighted by Crippen LogP contribution is -2.45. The third-order valence-electron chi connectivity index (χ3n) is 2.67. The molecule has 1 N–H and O–H groups in total. The summed E-state index contributed by atoms with van der Waals surface area (Å²) in [5.74, 6) is -0.481. The summed E-state index contributed by atoms with van der Waals surface area (Å²) in [6, 6.07) is 4.42. The van der Waals surface area contributed by atoms with E-state index < -0.39 is 11.4 Å². The van der Waals surface area contributed by atoms with Crippen molar-refractivity contribution in [1.29, 1.82) is 0 Å². The van der Waals surface area contributed by atoms with E-state index in [1.807, 2.05) is 0 Å². The number of ketones is 1. The van der Waals surface area contributed by atoms with Crippen molar-refractivity contribution in [3.8, 4) is 0 Å². The van der Waals surface area contributed by atoms with Crippen LogP contribution in [0.3, 0.4) is 0 Å². The molecule has 0 spiro atoms. The van der Waals surface area contributed by atoms with E-state index in [1.165, 1.54) is 12.1 Å². The first-order chi connectivity index (χ1) is 7.36. The van der Waals surface area contributed by atoms with Gasteiger partial charge in [-0.05, 0) is 38.6 Å². The number of carbonyl (C=O) groups excluding carboxylic acids is 1. The Labute approximate surface area is 99.8 Å². The molecular weight excluding hydrogens is 229 g/mol. The summed E-state index contributed by atoms with van der Waals surface area (Å²) in [4.78, 5) is 11.8. The van der Waals surface area contributed by atoms with Crippen LogP contribution in [0.2, 0.25) is 5.02 Å². The van der Waals surface area contributed by atoms with Gasteiger partial charge in [-0.1, -0.05) is 17.7 Å². The summed E-state index contributed by atoms with van der Waals surface area (Å²) in [6.45, 7) is 3.59. The summed E-state index contributed by atoms with van der Waals surface area (Å²) in [5.41, 5.74) is 0.0334. The van der Waals surface area contributed by atoms with Crippen molar-refractivity contribution in [2.45, 2.75) is 25.8 Å². The third-order valence-corrected chi connectivity index (χ3v) is 2.98. The number of Topliss-reactive ketones (excluding diaryl/α,β-unsaturated/α-hetero) is 1. The van der Waals surface area contributed by atoms with Crippen LogP contribution in [0, 0.1) is 5.82 Å². The zero-order valence-corrected chi connectivity index (χ0v) is 10.4. The fourth-order valence-corrected chi connectivity index (χ4v) is 1.31. The van der Waals surface area contributed by atoms with E-state index in [2.05, 4.69) is 5.32 Å². The highest BCUT2D eigenvalue weighted by molar-refractivity contribution is 6.30. The van der Waals surface area contributed by atoms with Crippen LogP contribution < -0.4 is 5.32 Å². The van der Waals surface area contributed by atoms with Crippen LogP contribution in [0.15, 0.2) is 18.2 Å². The van der Waals surface area contributed by atoms with Gasteiger partial charge in [0.05, 0.1) is 10.6 Å². The van der Waals surface area contributed by atoms with Gasteiger partial charge in [0, 0.05) is 6.42 Å². The Hall–Kier alpha value is -0.930. The van der Waals surface area contributed by atoms with Crippen molar-refractivity contribution >= 4 is 17.4 Å². The van der Waals surface area contributed by atoms with Crippen molar-refractivity contribution in [1.82, 2.24) is 5.32 Å². The second-order valence-electron chi connectivity index (χ2n) is 4.22. The van der Waals surface area contributed by atoms with E-state index in [4.69, 9.17) is 11.6 Å². The molecule has 16 heavy (non-hydrogen) atoms. The lowest BCUT2D eigenvalue weighted by molar-refractivity contribution is -0.123. The van der Waals surface area contributed by atoms with Crippen molar-refractivity contribution in [3.05, 3.63) is 34.6 Å². The topological polar surface area (TPSA) is 29.1 Å². The first kappa shape index (κ1) is 13.1. The van der Waals surface area contributed by atoms with Crippen LogP contribution in [-0.2, 0) is 11.2 Å². The smallest absolute Gasteiger partial charge is 0.156 e. The zero-order valence-electron chi connectivity index (χ0n) is 9.60. The van der Waals surface area contributed by atoms with Gasteiger partial charge in [-0.25, -0.2) is 4.39 Å². The van der Waals surface area contributed by atoms with E-state index in [0.29, 0.717) is 5.56 Å². The second kappa shape index (κ2) is 4.93. The van der Waals surface area contributed by atoms with Gasteiger partial charge in [0.15, 0.2) is 5.78 Å². The molecule has 4 heteroatoms. The van der Waals surface area contributed by atoms with Gasteiger partial charge < -0.3 is 5.32 Å². The van der Waals surface area contributed by atoms with E-state index in [1.54, 1.807) is 27.0 Å². The fourth-order valence-electron chi connectivity index (χ4n) is 1.20. The number of likely N-dealkylation sites (N-methyl/N-ethyl adjacent to an activating group) is 1. The van der Waals surface area contributed by atoms with Gasteiger partial charge in [-0.3, -0.25) is 4.79 Å². The molecule has 0 fully saturated rings. The van der Waals surface area contributed by atoms with Gasteiger partial charge in [0.2, 0.25) is 0 Å². The number of hydrogen-bond donors (Lipinski definition) is 1. The first-order valence-electron chi connectivity index (χ1n) is 5.03. The molecule has 0 saturated carbocycles. The molecule has 1 rings (SSSR count). The van der Waals surface area contributed by atoms with E-state index in [9.17, 15) is 9.18 Å². The SMILES string of the molecule is CNC(C)(C)C(=O)Cc1ccc(Cl)c(F)c1. The van der Waals surface area contributed by atoms with E-state index in [-0.39, 0.29) is 17.2 Å². The lowest BCUT2D eigenvalue weighted by atomic mass is 9.94. The molecular formula is C12H15ClFNO. The van der Waals surface area contributed by atoms with Gasteiger partial charge in [0.1, 0.15) is 5.82 Å². The van der Waals surface area contributed by atoms with Gasteiger partial charge >= 0.3 is 0 Å². The van der Waals surface area contributed by atoms with E-state index in [0.717, 1.165) is 0 Å². The van der Waals surface area contributed by atoms with Crippen molar-refractivity contribution in [3.63, 3.8) is 0 Å². The number of benzene rings is 1. The molecule has 1 aromatic carbocycles. The van der Waals surface area contributed by atoms with Crippen molar-refractivity contribution in [2.75, 3.05) is 7.05 Å². The van der Waals surface area contributed by atoms with Crippen LogP contribution in [0.1, 0.15) is 19.4 Å². The number of rotatable bonds is 4. The largest absolute Gasteiger partial charge is 0.308 e. The minimum Gasteiger partial charge on any atom is -0.308 e. The molecule has 0 aliphatic heterocycles. The molecule has 2 nitrogen and oxygen atoms in total. The standard InChI is InChI=1S/C12H15ClFNO/c1-12(2,15-3)11(16)7-8-4-5-9(13)10(14)6-8/h4-6,15H,7H2,1-3H3. The Morgan fingerprint density at radius 2 is 2.12 bits per heavy atom.